The summed E-state index contributed by atoms with van der Waals surface area (Å²) in [5.74, 6) is 0.890. The van der Waals surface area contributed by atoms with Gasteiger partial charge < -0.3 is 4.74 Å². The van der Waals surface area contributed by atoms with Gasteiger partial charge in [-0.05, 0) is 31.6 Å². The minimum atomic E-state index is -0.606. The molecule has 16 heavy (non-hydrogen) atoms. The van der Waals surface area contributed by atoms with Crippen LogP contribution in [0.3, 0.4) is 0 Å². The molecule has 0 unspecified atom stereocenters. The highest BCUT2D eigenvalue weighted by atomic mass is 19.1. The van der Waals surface area contributed by atoms with Crippen molar-refractivity contribution in [1.82, 2.24) is 0 Å². The van der Waals surface area contributed by atoms with Crippen LogP contribution in [0.5, 0.6) is 0 Å². The van der Waals surface area contributed by atoms with Gasteiger partial charge in [-0.3, -0.25) is 4.39 Å². The van der Waals surface area contributed by atoms with Crippen LogP contribution in [0.25, 0.3) is 0 Å². The molecule has 0 spiro atoms. The fourth-order valence-corrected chi connectivity index (χ4v) is 2.36. The summed E-state index contributed by atoms with van der Waals surface area (Å²) in [6, 6.07) is 0. The van der Waals surface area contributed by atoms with Crippen LogP contribution in [0.4, 0.5) is 8.78 Å². The number of alkyl halides is 2. The van der Waals surface area contributed by atoms with Crippen molar-refractivity contribution < 1.29 is 13.5 Å². The molecule has 1 nitrogen and oxygen atoms in total. The van der Waals surface area contributed by atoms with Gasteiger partial charge in [-0.1, -0.05) is 32.6 Å². The minimum absolute atomic E-state index is 0.211. The average Bonchev–Trinajstić information content (AvgIpc) is 2.35. The minimum Gasteiger partial charge on any atom is -0.347 e. The number of unbranched alkanes of at least 4 members (excludes halogenated alkanes) is 2. The first-order valence-corrected chi connectivity index (χ1v) is 6.42. The van der Waals surface area contributed by atoms with Crippen LogP contribution in [0.2, 0.25) is 0 Å². The standard InChI is InChI=1S/C12H23FO.CH3F/c1-2-3-4-5-11-6-8-12(9-7-11)14-10-13;1-2/h11-12H,2-10H2,1H3;1H3. The highest BCUT2D eigenvalue weighted by Crippen LogP contribution is 2.29. The zero-order valence-electron chi connectivity index (χ0n) is 10.7. The van der Waals surface area contributed by atoms with Gasteiger partial charge in [-0.2, -0.15) is 0 Å². The van der Waals surface area contributed by atoms with E-state index in [1.165, 1.54) is 38.5 Å². The van der Waals surface area contributed by atoms with Crippen molar-refractivity contribution in [3.63, 3.8) is 0 Å². The van der Waals surface area contributed by atoms with Crippen LogP contribution in [0, 0.1) is 5.92 Å². The lowest BCUT2D eigenvalue weighted by molar-refractivity contribution is -0.0291. The molecule has 0 heterocycles. The van der Waals surface area contributed by atoms with E-state index in [9.17, 15) is 8.78 Å². The molecule has 1 fully saturated rings. The summed E-state index contributed by atoms with van der Waals surface area (Å²) >= 11 is 0. The van der Waals surface area contributed by atoms with Gasteiger partial charge in [0.2, 0.25) is 0 Å². The lowest BCUT2D eigenvalue weighted by Crippen LogP contribution is -2.21. The Labute approximate surface area is 98.6 Å². The van der Waals surface area contributed by atoms with Crippen molar-refractivity contribution in [3.05, 3.63) is 0 Å². The molecular formula is C13H26F2O. The molecule has 1 aliphatic carbocycles. The molecule has 1 rings (SSSR count). The first kappa shape index (κ1) is 15.8. The van der Waals surface area contributed by atoms with Crippen LogP contribution in [-0.4, -0.2) is 20.1 Å². The normalized spacial score (nSPS) is 24.8. The van der Waals surface area contributed by atoms with Gasteiger partial charge in [0.15, 0.2) is 6.86 Å². The van der Waals surface area contributed by atoms with E-state index in [0.29, 0.717) is 7.18 Å². The summed E-state index contributed by atoms with van der Waals surface area (Å²) in [6.45, 7) is 1.64. The summed E-state index contributed by atoms with van der Waals surface area (Å²) in [7, 11) is 0.500. The number of ether oxygens (including phenoxy) is 1. The van der Waals surface area contributed by atoms with Gasteiger partial charge in [0.05, 0.1) is 13.3 Å². The molecule has 3 heteroatoms. The topological polar surface area (TPSA) is 9.23 Å². The number of hydrogen-bond donors (Lipinski definition) is 0. The zero-order chi connectivity index (χ0) is 12.2. The number of hydrogen-bond acceptors (Lipinski definition) is 1. The molecule has 0 aromatic heterocycles. The molecule has 0 amide bonds. The van der Waals surface area contributed by atoms with Gasteiger partial charge in [0.1, 0.15) is 0 Å². The fraction of sp³-hybridized carbons (Fsp3) is 1.00. The second-order valence-electron chi connectivity index (χ2n) is 4.41. The van der Waals surface area contributed by atoms with Crippen molar-refractivity contribution in [2.75, 3.05) is 14.0 Å². The Balaban J connectivity index is 0.00000106. The summed E-state index contributed by atoms with van der Waals surface area (Å²) in [6.07, 6.45) is 10.2. The van der Waals surface area contributed by atoms with E-state index >= 15 is 0 Å². The number of rotatable bonds is 6. The molecule has 0 N–H and O–H groups in total. The van der Waals surface area contributed by atoms with Crippen LogP contribution >= 0.6 is 0 Å². The molecule has 0 aromatic carbocycles. The van der Waals surface area contributed by atoms with E-state index in [0.717, 1.165) is 18.8 Å². The van der Waals surface area contributed by atoms with E-state index in [-0.39, 0.29) is 6.10 Å². The predicted octanol–water partition coefficient (Wildman–Crippen LogP) is 4.65. The monoisotopic (exact) mass is 236 g/mol. The second kappa shape index (κ2) is 11.3. The van der Waals surface area contributed by atoms with Crippen LogP contribution in [-0.2, 0) is 4.74 Å². The Morgan fingerprint density at radius 3 is 2.19 bits per heavy atom. The first-order chi connectivity index (χ1) is 7.86. The maximum atomic E-state index is 11.9. The molecule has 0 aliphatic heterocycles. The summed E-state index contributed by atoms with van der Waals surface area (Å²) < 4.78 is 26.4. The van der Waals surface area contributed by atoms with Gasteiger partial charge in [0.25, 0.3) is 0 Å². The van der Waals surface area contributed by atoms with Gasteiger partial charge in [-0.15, -0.1) is 0 Å². The molecule has 0 atom stereocenters. The maximum Gasteiger partial charge on any atom is 0.188 e. The van der Waals surface area contributed by atoms with E-state index in [4.69, 9.17) is 4.74 Å². The Morgan fingerprint density at radius 1 is 1.06 bits per heavy atom. The summed E-state index contributed by atoms with van der Waals surface area (Å²) in [4.78, 5) is 0. The van der Waals surface area contributed by atoms with Crippen LogP contribution < -0.4 is 0 Å². The molecule has 0 aromatic rings. The van der Waals surface area contributed by atoms with Crippen molar-refractivity contribution in [2.45, 2.75) is 64.4 Å². The highest BCUT2D eigenvalue weighted by molar-refractivity contribution is 4.72. The van der Waals surface area contributed by atoms with E-state index < -0.39 is 6.86 Å². The van der Waals surface area contributed by atoms with E-state index in [2.05, 4.69) is 6.92 Å². The first-order valence-electron chi connectivity index (χ1n) is 6.42. The second-order valence-corrected chi connectivity index (χ2v) is 4.41. The molecule has 0 saturated heterocycles. The van der Waals surface area contributed by atoms with Crippen molar-refractivity contribution in [3.8, 4) is 0 Å². The van der Waals surface area contributed by atoms with Crippen LogP contribution in [0.15, 0.2) is 0 Å². The SMILES string of the molecule is CCCCCC1CCC(OCF)CC1.CF. The third-order valence-corrected chi connectivity index (χ3v) is 3.31. The summed E-state index contributed by atoms with van der Waals surface area (Å²) in [5.41, 5.74) is 0. The maximum absolute atomic E-state index is 11.9. The van der Waals surface area contributed by atoms with E-state index in [1.807, 2.05) is 0 Å². The fourth-order valence-electron chi connectivity index (χ4n) is 2.36. The zero-order valence-corrected chi connectivity index (χ0v) is 10.7. The Morgan fingerprint density at radius 2 is 1.69 bits per heavy atom. The van der Waals surface area contributed by atoms with Crippen molar-refractivity contribution in [1.29, 1.82) is 0 Å². The highest BCUT2D eigenvalue weighted by Gasteiger charge is 2.20. The molecule has 0 radical (unpaired) electrons. The molecule has 1 saturated carbocycles. The Kier molecular flexibility index (Phi) is 11.2. The molecular weight excluding hydrogens is 210 g/mol. The lowest BCUT2D eigenvalue weighted by Gasteiger charge is -2.27. The van der Waals surface area contributed by atoms with Gasteiger partial charge in [0, 0.05) is 0 Å². The van der Waals surface area contributed by atoms with Gasteiger partial charge in [-0.25, -0.2) is 4.39 Å². The Hall–Kier alpha value is -0.180. The summed E-state index contributed by atoms with van der Waals surface area (Å²) in [5, 5.41) is 0. The predicted molar refractivity (Wildman–Crippen MR) is 64.0 cm³/mol. The quantitative estimate of drug-likeness (QED) is 0.610. The van der Waals surface area contributed by atoms with E-state index in [1.54, 1.807) is 0 Å². The average molecular weight is 236 g/mol. The number of halogens is 2. The van der Waals surface area contributed by atoms with Crippen LogP contribution in [0.1, 0.15) is 58.3 Å². The smallest absolute Gasteiger partial charge is 0.188 e. The van der Waals surface area contributed by atoms with Crippen molar-refractivity contribution >= 4 is 0 Å². The molecule has 0 bridgehead atoms. The molecule has 1 aliphatic rings. The lowest BCUT2D eigenvalue weighted by atomic mass is 9.84. The largest absolute Gasteiger partial charge is 0.347 e. The van der Waals surface area contributed by atoms with Crippen molar-refractivity contribution in [2.24, 2.45) is 5.92 Å². The van der Waals surface area contributed by atoms with Gasteiger partial charge >= 0.3 is 0 Å². The third-order valence-electron chi connectivity index (χ3n) is 3.31. The molecule has 98 valence electrons. The third kappa shape index (κ3) is 7.15. The Bertz CT molecular complexity index is 134.